The van der Waals surface area contributed by atoms with E-state index in [1.807, 2.05) is 42.7 Å². The van der Waals surface area contributed by atoms with Gasteiger partial charge in [-0.1, -0.05) is 32.9 Å². The van der Waals surface area contributed by atoms with Crippen LogP contribution in [0.3, 0.4) is 0 Å². The van der Waals surface area contributed by atoms with Gasteiger partial charge in [0.1, 0.15) is 39.9 Å². The number of sulfonamides is 1. The maximum absolute atomic E-state index is 14.3. The second-order valence-electron chi connectivity index (χ2n) is 15.0. The van der Waals surface area contributed by atoms with Gasteiger partial charge in [-0.15, -0.1) is 11.3 Å². The van der Waals surface area contributed by atoms with Crippen molar-refractivity contribution in [2.45, 2.75) is 95.1 Å². The van der Waals surface area contributed by atoms with E-state index in [0.29, 0.717) is 55.0 Å². The monoisotopic (exact) mass is 765 g/mol. The van der Waals surface area contributed by atoms with E-state index < -0.39 is 56.6 Å². The fourth-order valence-corrected chi connectivity index (χ4v) is 9.48. The second kappa shape index (κ2) is 14.6. The van der Waals surface area contributed by atoms with Gasteiger partial charge in [-0.05, 0) is 57.1 Å². The summed E-state index contributed by atoms with van der Waals surface area (Å²) in [4.78, 5) is 53.3. The van der Waals surface area contributed by atoms with Gasteiger partial charge in [0.2, 0.25) is 21.8 Å². The van der Waals surface area contributed by atoms with E-state index in [0.717, 1.165) is 21.7 Å². The van der Waals surface area contributed by atoms with Crippen molar-refractivity contribution in [3.05, 3.63) is 47.0 Å². The van der Waals surface area contributed by atoms with Crippen LogP contribution in [0.4, 0.5) is 0 Å². The van der Waals surface area contributed by atoms with Gasteiger partial charge in [0.25, 0.3) is 5.91 Å². The zero-order valence-electron chi connectivity index (χ0n) is 30.7. The molecular weight excluding hydrogens is 719 g/mol. The van der Waals surface area contributed by atoms with Crippen LogP contribution in [0.15, 0.2) is 35.7 Å². The number of nitrogens with zero attached hydrogens (tertiary/aromatic N) is 3. The molecule has 0 spiro atoms. The number of carbonyl (C=O) groups is 3. The van der Waals surface area contributed by atoms with Gasteiger partial charge in [0.05, 0.1) is 42.6 Å². The molecule has 4 heterocycles. The number of aryl methyl sites for hydroxylation is 1. The number of carbonyl (C=O) groups excluding carboxylic acids is 3. The molecule has 0 bridgehead atoms. The second-order valence-corrected chi connectivity index (χ2v) is 17.8. The molecule has 3 amide bonds. The van der Waals surface area contributed by atoms with Crippen molar-refractivity contribution >= 4 is 50.0 Å². The number of amides is 3. The van der Waals surface area contributed by atoms with E-state index in [9.17, 15) is 22.8 Å². The van der Waals surface area contributed by atoms with E-state index in [1.165, 1.54) is 16.2 Å². The summed E-state index contributed by atoms with van der Waals surface area (Å²) >= 11 is 1.50. The molecule has 15 heteroatoms. The summed E-state index contributed by atoms with van der Waals surface area (Å²) in [5, 5.41) is 5.84. The van der Waals surface area contributed by atoms with Gasteiger partial charge in [-0.25, -0.2) is 18.4 Å². The molecule has 1 aromatic carbocycles. The van der Waals surface area contributed by atoms with Gasteiger partial charge in [0, 0.05) is 41.3 Å². The van der Waals surface area contributed by atoms with Crippen molar-refractivity contribution in [3.63, 3.8) is 0 Å². The summed E-state index contributed by atoms with van der Waals surface area (Å²) in [6, 6.07) is 4.63. The average Bonchev–Trinajstić information content (AvgIpc) is 4.00. The Kier molecular flexibility index (Phi) is 10.3. The lowest BCUT2D eigenvalue weighted by Gasteiger charge is -2.28. The lowest BCUT2D eigenvalue weighted by atomic mass is 10.1. The molecule has 2 aliphatic heterocycles. The minimum absolute atomic E-state index is 0.114. The topological polar surface area (TPSA) is 166 Å². The quantitative estimate of drug-likeness (QED) is 0.309. The number of aromatic nitrogens is 2. The molecule has 5 atom stereocenters. The molecule has 13 nitrogen and oxygen atoms in total. The van der Waals surface area contributed by atoms with Crippen LogP contribution in [0.5, 0.6) is 11.5 Å². The van der Waals surface area contributed by atoms with Crippen LogP contribution in [0.1, 0.15) is 76.5 Å². The zero-order valence-corrected chi connectivity index (χ0v) is 32.3. The number of allylic oxidation sites excluding steroid dienone is 1. The van der Waals surface area contributed by atoms with Gasteiger partial charge >= 0.3 is 0 Å². The minimum atomic E-state index is -3.85. The molecule has 3 aromatic rings. The predicted octanol–water partition coefficient (Wildman–Crippen LogP) is 4.63. The number of methoxy groups -OCH3 is 1. The fourth-order valence-electron chi connectivity index (χ4n) is 7.18. The first-order valence-corrected chi connectivity index (χ1v) is 20.8. The smallest absolute Gasteiger partial charge is 0.259 e. The number of benzene rings is 1. The fraction of sp³-hybridized carbons (Fsp3) is 0.553. The van der Waals surface area contributed by atoms with E-state index in [-0.39, 0.29) is 37.8 Å². The van der Waals surface area contributed by atoms with Crippen molar-refractivity contribution in [3.8, 4) is 22.2 Å². The first kappa shape index (κ1) is 37.2. The van der Waals surface area contributed by atoms with E-state index >= 15 is 0 Å². The van der Waals surface area contributed by atoms with Crippen molar-refractivity contribution < 1.29 is 37.0 Å². The first-order chi connectivity index (χ1) is 25.3. The Morgan fingerprint density at radius 2 is 1.98 bits per heavy atom. The van der Waals surface area contributed by atoms with Crippen LogP contribution in [-0.4, -0.2) is 90.8 Å². The Morgan fingerprint density at radius 3 is 2.70 bits per heavy atom. The van der Waals surface area contributed by atoms with Crippen molar-refractivity contribution in [1.82, 2.24) is 24.9 Å². The van der Waals surface area contributed by atoms with E-state index in [4.69, 9.17) is 24.2 Å². The van der Waals surface area contributed by atoms with Crippen LogP contribution in [0.2, 0.25) is 0 Å². The number of ether oxygens (including phenoxy) is 3. The zero-order chi connectivity index (χ0) is 37.7. The third-order valence-corrected chi connectivity index (χ3v) is 13.3. The minimum Gasteiger partial charge on any atom is -0.496 e. The molecule has 0 radical (unpaired) electrons. The number of nitrogens with one attached hydrogen (secondary N) is 2. The number of hydrogen-bond acceptors (Lipinski definition) is 11. The predicted molar refractivity (Wildman–Crippen MR) is 200 cm³/mol. The van der Waals surface area contributed by atoms with Gasteiger partial charge in [0.15, 0.2) is 0 Å². The van der Waals surface area contributed by atoms with Crippen LogP contribution in [-0.2, 0) is 29.1 Å². The summed E-state index contributed by atoms with van der Waals surface area (Å²) in [6.07, 6.45) is 5.98. The summed E-state index contributed by atoms with van der Waals surface area (Å²) in [7, 11) is -2.24. The van der Waals surface area contributed by atoms with Gasteiger partial charge in [-0.2, -0.15) is 0 Å². The number of thiazole rings is 1. The standard InChI is InChI=1S/C38H47N5O8S2/c1-21(2)29-20-52-35(40-29)28-16-32(27-12-13-31(49-5)23(4)33(27)39-28)51-25-15-30-34(44)41-38(37(46)42-53(47,48)26-10-11-26)17-24(38)9-7-6-8-14-50-19-22(3)36(45)43(30)18-25/h7,9,12-13,16,20-22,24-26,30H,6,8,10-11,14-15,17-19H2,1-5H3,(H,41,44)(H,42,46)/b9-7-/t22-,24-,25-,30+,38-/m1/s1. The largest absolute Gasteiger partial charge is 0.496 e. The number of fused-ring (bicyclic) bond motifs is 3. The SMILES string of the molecule is COc1ccc2c(O[C@@H]3C[C@H]4C(=O)N[C@]5(C(=O)NS(=O)(=O)C6CC6)C[C@H]5/C=C\CCCOC[C@@H](C)C(=O)N4C3)cc(-c3nc(C(C)C)cs3)nc2c1C. The molecule has 53 heavy (non-hydrogen) atoms. The van der Waals surface area contributed by atoms with E-state index in [1.54, 1.807) is 14.0 Å². The maximum atomic E-state index is 14.3. The number of hydrogen-bond donors (Lipinski definition) is 2. The van der Waals surface area contributed by atoms with Crippen LogP contribution >= 0.6 is 11.3 Å². The lowest BCUT2D eigenvalue weighted by Crippen LogP contribution is -2.57. The summed E-state index contributed by atoms with van der Waals surface area (Å²) in [5.41, 5.74) is 1.67. The highest BCUT2D eigenvalue weighted by molar-refractivity contribution is 7.91. The Labute approximate surface area is 313 Å². The molecule has 0 unspecified atom stereocenters. The van der Waals surface area contributed by atoms with Crippen LogP contribution in [0.25, 0.3) is 21.6 Å². The molecule has 2 N–H and O–H groups in total. The van der Waals surface area contributed by atoms with Crippen molar-refractivity contribution in [2.75, 3.05) is 26.9 Å². The van der Waals surface area contributed by atoms with E-state index in [2.05, 4.69) is 23.9 Å². The van der Waals surface area contributed by atoms with Crippen molar-refractivity contribution in [1.29, 1.82) is 0 Å². The first-order valence-electron chi connectivity index (χ1n) is 18.3. The molecule has 3 fully saturated rings. The molecule has 284 valence electrons. The molecule has 2 saturated carbocycles. The third-order valence-electron chi connectivity index (χ3n) is 10.6. The molecule has 1 saturated heterocycles. The summed E-state index contributed by atoms with van der Waals surface area (Å²) < 4.78 is 46.0. The maximum Gasteiger partial charge on any atom is 0.259 e. The number of rotatable bonds is 8. The molecular formula is C38H47N5O8S2. The lowest BCUT2D eigenvalue weighted by molar-refractivity contribution is -0.143. The molecule has 4 aliphatic rings. The summed E-state index contributed by atoms with van der Waals surface area (Å²) in [5.74, 6) is -1.03. The average molecular weight is 766 g/mol. The highest BCUT2D eigenvalue weighted by atomic mass is 32.2. The third kappa shape index (κ3) is 7.52. The Hall–Kier alpha value is -4.08. The molecule has 7 rings (SSSR count). The Balaban J connectivity index is 1.21. The van der Waals surface area contributed by atoms with Crippen LogP contribution in [0, 0.1) is 18.8 Å². The molecule has 2 aromatic heterocycles. The Morgan fingerprint density at radius 1 is 1.19 bits per heavy atom. The van der Waals surface area contributed by atoms with Gasteiger partial charge < -0.3 is 24.4 Å². The molecule has 2 aliphatic carbocycles. The highest BCUT2D eigenvalue weighted by Crippen LogP contribution is 2.46. The Bertz CT molecular complexity index is 2060. The number of pyridine rings is 1. The summed E-state index contributed by atoms with van der Waals surface area (Å²) in [6.45, 7) is 8.64. The highest BCUT2D eigenvalue weighted by Gasteiger charge is 2.62. The van der Waals surface area contributed by atoms with Crippen molar-refractivity contribution in [2.24, 2.45) is 11.8 Å². The van der Waals surface area contributed by atoms with Gasteiger partial charge in [-0.3, -0.25) is 19.1 Å². The van der Waals surface area contributed by atoms with Crippen LogP contribution < -0.4 is 19.5 Å². The normalized spacial score (nSPS) is 27.3.